The fourth-order valence-electron chi connectivity index (χ4n) is 5.96. The summed E-state index contributed by atoms with van der Waals surface area (Å²) in [4.78, 5) is 11.7. The van der Waals surface area contributed by atoms with Gasteiger partial charge in [-0.15, -0.1) is 0 Å². The quantitative estimate of drug-likeness (QED) is 0.191. The van der Waals surface area contributed by atoms with Crippen molar-refractivity contribution in [1.82, 2.24) is 5.32 Å². The molecule has 2 aromatic carbocycles. The molecule has 1 saturated carbocycles. The SMILES string of the molecule is C=C(C)C(=O)NCCc1ccc(-c2ccc(C3CCC(CCCCCCCCC)CC3)cc2)c(CC)c1. The van der Waals surface area contributed by atoms with E-state index in [9.17, 15) is 4.79 Å². The van der Waals surface area contributed by atoms with E-state index in [0.717, 1.165) is 24.7 Å². The van der Waals surface area contributed by atoms with Gasteiger partial charge in [-0.2, -0.15) is 0 Å². The van der Waals surface area contributed by atoms with Crippen molar-refractivity contribution in [2.75, 3.05) is 6.54 Å². The van der Waals surface area contributed by atoms with Crippen molar-refractivity contribution < 1.29 is 4.79 Å². The number of hydrogen-bond donors (Lipinski definition) is 1. The van der Waals surface area contributed by atoms with Gasteiger partial charge in [0.1, 0.15) is 0 Å². The van der Waals surface area contributed by atoms with Crippen LogP contribution in [0.25, 0.3) is 11.1 Å². The van der Waals surface area contributed by atoms with E-state index in [1.54, 1.807) is 6.92 Å². The van der Waals surface area contributed by atoms with Gasteiger partial charge >= 0.3 is 0 Å². The number of amides is 1. The lowest BCUT2D eigenvalue weighted by Gasteiger charge is -2.29. The Labute approximate surface area is 227 Å². The molecular formula is C35H51NO. The van der Waals surface area contributed by atoms with Gasteiger partial charge in [-0.25, -0.2) is 0 Å². The Morgan fingerprint density at radius 2 is 1.57 bits per heavy atom. The van der Waals surface area contributed by atoms with Gasteiger partial charge in [0.2, 0.25) is 5.91 Å². The average Bonchev–Trinajstić information content (AvgIpc) is 2.93. The zero-order valence-electron chi connectivity index (χ0n) is 23.9. The van der Waals surface area contributed by atoms with Gasteiger partial charge in [0.05, 0.1) is 0 Å². The van der Waals surface area contributed by atoms with Gasteiger partial charge in [-0.3, -0.25) is 4.79 Å². The van der Waals surface area contributed by atoms with E-state index in [1.807, 2.05) is 0 Å². The predicted molar refractivity (Wildman–Crippen MR) is 160 cm³/mol. The smallest absolute Gasteiger partial charge is 0.246 e. The second-order valence-electron chi connectivity index (χ2n) is 11.4. The summed E-state index contributed by atoms with van der Waals surface area (Å²) in [5, 5.41) is 2.94. The molecule has 0 radical (unpaired) electrons. The minimum Gasteiger partial charge on any atom is -0.352 e. The molecule has 202 valence electrons. The summed E-state index contributed by atoms with van der Waals surface area (Å²) in [5.74, 6) is 1.64. The standard InChI is InChI=1S/C35H51NO/c1-5-7-8-9-10-11-12-13-28-14-17-31(18-15-28)32-19-21-33(22-20-32)34-23-16-29(26-30(34)6-2)24-25-36-35(37)27(3)4/h16,19-23,26,28,31H,3,5-15,17-18,24-25H2,1-2,4H3,(H,36,37). The number of unbranched alkanes of at least 4 members (excludes halogenated alkanes) is 6. The topological polar surface area (TPSA) is 29.1 Å². The molecule has 37 heavy (non-hydrogen) atoms. The molecule has 1 amide bonds. The molecular weight excluding hydrogens is 450 g/mol. The first kappa shape index (κ1) is 29.2. The second kappa shape index (κ2) is 15.8. The number of aryl methyl sites for hydroxylation is 1. The number of carbonyl (C=O) groups excluding carboxylic acids is 1. The number of benzene rings is 2. The van der Waals surface area contributed by atoms with Crippen molar-refractivity contribution in [2.45, 2.75) is 117 Å². The first-order chi connectivity index (χ1) is 18.0. The van der Waals surface area contributed by atoms with Crippen LogP contribution in [0.4, 0.5) is 0 Å². The van der Waals surface area contributed by atoms with Crippen molar-refractivity contribution in [1.29, 1.82) is 0 Å². The van der Waals surface area contributed by atoms with E-state index in [0.29, 0.717) is 12.1 Å². The van der Waals surface area contributed by atoms with Crippen LogP contribution in [0, 0.1) is 5.92 Å². The van der Waals surface area contributed by atoms with Crippen molar-refractivity contribution in [2.24, 2.45) is 5.92 Å². The summed E-state index contributed by atoms with van der Waals surface area (Å²) in [5.41, 5.74) is 7.39. The van der Waals surface area contributed by atoms with Gasteiger partial charge in [-0.1, -0.05) is 114 Å². The lowest BCUT2D eigenvalue weighted by molar-refractivity contribution is -0.117. The van der Waals surface area contributed by atoms with Crippen LogP contribution in [-0.4, -0.2) is 12.5 Å². The van der Waals surface area contributed by atoms with Crippen LogP contribution in [0.5, 0.6) is 0 Å². The molecule has 1 N–H and O–H groups in total. The van der Waals surface area contributed by atoms with E-state index in [1.165, 1.54) is 105 Å². The Morgan fingerprint density at radius 1 is 0.892 bits per heavy atom. The van der Waals surface area contributed by atoms with E-state index in [-0.39, 0.29) is 5.91 Å². The highest BCUT2D eigenvalue weighted by Gasteiger charge is 2.22. The zero-order valence-corrected chi connectivity index (χ0v) is 23.9. The first-order valence-corrected chi connectivity index (χ1v) is 15.2. The second-order valence-corrected chi connectivity index (χ2v) is 11.4. The molecule has 2 nitrogen and oxygen atoms in total. The van der Waals surface area contributed by atoms with E-state index >= 15 is 0 Å². The highest BCUT2D eigenvalue weighted by Crippen LogP contribution is 2.38. The minimum absolute atomic E-state index is 0.0610. The summed E-state index contributed by atoms with van der Waals surface area (Å²) in [6.07, 6.45) is 18.8. The maximum atomic E-state index is 11.7. The molecule has 0 aromatic heterocycles. The van der Waals surface area contributed by atoms with Crippen LogP contribution >= 0.6 is 0 Å². The monoisotopic (exact) mass is 501 g/mol. The normalized spacial score (nSPS) is 17.5. The van der Waals surface area contributed by atoms with Crippen molar-refractivity contribution in [3.8, 4) is 11.1 Å². The first-order valence-electron chi connectivity index (χ1n) is 15.2. The molecule has 1 fully saturated rings. The zero-order chi connectivity index (χ0) is 26.5. The number of hydrogen-bond acceptors (Lipinski definition) is 1. The fraction of sp³-hybridized carbons (Fsp3) is 0.571. The third kappa shape index (κ3) is 9.47. The van der Waals surface area contributed by atoms with Gasteiger partial charge in [-0.05, 0) is 85.1 Å². The molecule has 2 aromatic rings. The van der Waals surface area contributed by atoms with Gasteiger partial charge in [0.15, 0.2) is 0 Å². The maximum absolute atomic E-state index is 11.7. The molecule has 0 atom stereocenters. The van der Waals surface area contributed by atoms with Gasteiger partial charge in [0, 0.05) is 12.1 Å². The Kier molecular flexibility index (Phi) is 12.5. The maximum Gasteiger partial charge on any atom is 0.246 e. The number of rotatable bonds is 15. The van der Waals surface area contributed by atoms with Crippen molar-refractivity contribution >= 4 is 5.91 Å². The van der Waals surface area contributed by atoms with E-state index in [4.69, 9.17) is 0 Å². The van der Waals surface area contributed by atoms with Crippen molar-refractivity contribution in [3.05, 3.63) is 71.3 Å². The summed E-state index contributed by atoms with van der Waals surface area (Å²) in [6.45, 7) is 10.6. The Bertz CT molecular complexity index is 965. The molecule has 0 bridgehead atoms. The third-order valence-electron chi connectivity index (χ3n) is 8.39. The fourth-order valence-corrected chi connectivity index (χ4v) is 5.96. The molecule has 1 aliphatic carbocycles. The predicted octanol–water partition coefficient (Wildman–Crippen LogP) is 9.57. The molecule has 0 aliphatic heterocycles. The molecule has 0 unspecified atom stereocenters. The van der Waals surface area contributed by atoms with E-state index < -0.39 is 0 Å². The third-order valence-corrected chi connectivity index (χ3v) is 8.39. The molecule has 3 rings (SSSR count). The Hall–Kier alpha value is -2.35. The number of nitrogens with one attached hydrogen (secondary N) is 1. The summed E-state index contributed by atoms with van der Waals surface area (Å²) >= 11 is 0. The summed E-state index contributed by atoms with van der Waals surface area (Å²) in [6, 6.07) is 16.2. The molecule has 0 spiro atoms. The lowest BCUT2D eigenvalue weighted by atomic mass is 9.77. The van der Waals surface area contributed by atoms with Crippen LogP contribution in [0.3, 0.4) is 0 Å². The van der Waals surface area contributed by atoms with Gasteiger partial charge in [0.25, 0.3) is 0 Å². The average molecular weight is 502 g/mol. The molecule has 0 saturated heterocycles. The van der Waals surface area contributed by atoms with Crippen LogP contribution in [0.15, 0.2) is 54.6 Å². The van der Waals surface area contributed by atoms with Crippen LogP contribution < -0.4 is 5.32 Å². The molecule has 0 heterocycles. The Balaban J connectivity index is 1.47. The highest BCUT2D eigenvalue weighted by molar-refractivity contribution is 5.92. The summed E-state index contributed by atoms with van der Waals surface area (Å²) in [7, 11) is 0. The molecule has 2 heteroatoms. The Morgan fingerprint density at radius 3 is 2.22 bits per heavy atom. The van der Waals surface area contributed by atoms with Crippen LogP contribution in [-0.2, 0) is 17.6 Å². The van der Waals surface area contributed by atoms with Gasteiger partial charge < -0.3 is 5.32 Å². The highest BCUT2D eigenvalue weighted by atomic mass is 16.1. The van der Waals surface area contributed by atoms with Crippen molar-refractivity contribution in [3.63, 3.8) is 0 Å². The van der Waals surface area contributed by atoms with Crippen LogP contribution in [0.1, 0.15) is 120 Å². The minimum atomic E-state index is -0.0610. The van der Waals surface area contributed by atoms with E-state index in [2.05, 4.69) is 68.2 Å². The lowest BCUT2D eigenvalue weighted by Crippen LogP contribution is -2.25. The van der Waals surface area contributed by atoms with Crippen LogP contribution in [0.2, 0.25) is 0 Å². The largest absolute Gasteiger partial charge is 0.352 e. The summed E-state index contributed by atoms with van der Waals surface area (Å²) < 4.78 is 0. The number of carbonyl (C=O) groups is 1. The molecule has 1 aliphatic rings.